The molecule has 0 saturated heterocycles. The Balaban J connectivity index is 1.63. The molecule has 1 amide bonds. The van der Waals surface area contributed by atoms with Gasteiger partial charge in [-0.3, -0.25) is 9.69 Å². The summed E-state index contributed by atoms with van der Waals surface area (Å²) in [5.41, 5.74) is 3.95. The maximum atomic E-state index is 13.1. The van der Waals surface area contributed by atoms with Crippen LogP contribution in [-0.2, 0) is 31.5 Å². The molecule has 1 aliphatic heterocycles. The van der Waals surface area contributed by atoms with Crippen LogP contribution < -0.4 is 5.32 Å². The molecule has 35 heavy (non-hydrogen) atoms. The van der Waals surface area contributed by atoms with Gasteiger partial charge < -0.3 is 19.9 Å². The average molecular weight is 476 g/mol. The number of aromatic nitrogens is 2. The number of anilines is 1. The van der Waals surface area contributed by atoms with Gasteiger partial charge in [-0.1, -0.05) is 56.7 Å². The van der Waals surface area contributed by atoms with E-state index in [-0.39, 0.29) is 11.9 Å². The number of carbonyl (C=O) groups is 1. The molecule has 0 aliphatic carbocycles. The highest BCUT2D eigenvalue weighted by Crippen LogP contribution is 2.30. The van der Waals surface area contributed by atoms with Crippen LogP contribution in [-0.4, -0.2) is 43.0 Å². The van der Waals surface area contributed by atoms with Gasteiger partial charge >= 0.3 is 0 Å². The van der Waals surface area contributed by atoms with E-state index in [2.05, 4.69) is 29.4 Å². The summed E-state index contributed by atoms with van der Waals surface area (Å²) in [6.07, 6.45) is 5.64. The highest BCUT2D eigenvalue weighted by Gasteiger charge is 2.29. The highest BCUT2D eigenvalue weighted by atomic mass is 16.3. The molecule has 3 aromatic rings. The molecular formula is C28H37N5O2. The summed E-state index contributed by atoms with van der Waals surface area (Å²) in [7, 11) is 1.97. The van der Waals surface area contributed by atoms with Crippen molar-refractivity contribution in [3.8, 4) is 0 Å². The van der Waals surface area contributed by atoms with Gasteiger partial charge in [-0.2, -0.15) is 0 Å². The minimum atomic E-state index is -0.817. The summed E-state index contributed by atoms with van der Waals surface area (Å²) in [5.74, 6) is 1.04. The second-order valence-electron chi connectivity index (χ2n) is 9.35. The Labute approximate surface area is 208 Å². The molecule has 0 fully saturated rings. The maximum Gasteiger partial charge on any atom is 0.245 e. The van der Waals surface area contributed by atoms with E-state index < -0.39 is 6.23 Å². The van der Waals surface area contributed by atoms with E-state index in [0.29, 0.717) is 19.6 Å². The van der Waals surface area contributed by atoms with Gasteiger partial charge in [0.2, 0.25) is 5.91 Å². The molecule has 2 aromatic carbocycles. The van der Waals surface area contributed by atoms with Crippen molar-refractivity contribution < 1.29 is 9.90 Å². The van der Waals surface area contributed by atoms with Gasteiger partial charge in [0, 0.05) is 44.8 Å². The van der Waals surface area contributed by atoms with Crippen molar-refractivity contribution in [2.45, 2.75) is 65.0 Å². The number of rotatable bonds is 10. The molecule has 186 valence electrons. The van der Waals surface area contributed by atoms with Crippen LogP contribution in [0.4, 0.5) is 5.69 Å². The summed E-state index contributed by atoms with van der Waals surface area (Å²) < 4.78 is 1.98. The second kappa shape index (κ2) is 11.5. The normalized spacial score (nSPS) is 16.7. The Morgan fingerprint density at radius 1 is 1.17 bits per heavy atom. The third-order valence-electron chi connectivity index (χ3n) is 6.76. The molecule has 0 radical (unpaired) electrons. The van der Waals surface area contributed by atoms with Crippen molar-refractivity contribution in [3.05, 3.63) is 83.4 Å². The summed E-state index contributed by atoms with van der Waals surface area (Å²) in [6.45, 7) is 6.57. The third-order valence-corrected chi connectivity index (χ3v) is 6.76. The van der Waals surface area contributed by atoms with Gasteiger partial charge in [0.05, 0.1) is 6.54 Å². The Kier molecular flexibility index (Phi) is 8.21. The lowest BCUT2D eigenvalue weighted by Crippen LogP contribution is -2.40. The first-order valence-corrected chi connectivity index (χ1v) is 12.6. The lowest BCUT2D eigenvalue weighted by molar-refractivity contribution is -0.132. The molecule has 2 N–H and O–H groups in total. The van der Waals surface area contributed by atoms with Crippen molar-refractivity contribution in [3.63, 3.8) is 0 Å². The molecule has 0 bridgehead atoms. The van der Waals surface area contributed by atoms with E-state index in [1.165, 1.54) is 0 Å². The number of unbranched alkanes of at least 4 members (excludes halogenated alkanes) is 1. The van der Waals surface area contributed by atoms with Crippen LogP contribution in [0.2, 0.25) is 0 Å². The number of hydrogen-bond donors (Lipinski definition) is 2. The fraction of sp³-hybridized carbons (Fsp3) is 0.429. The van der Waals surface area contributed by atoms with Gasteiger partial charge in [-0.05, 0) is 41.7 Å². The number of nitrogens with one attached hydrogen (secondary N) is 1. The molecule has 7 nitrogen and oxygen atoms in total. The SMILES string of the molecule is CCCCN1Cc2cc([C@H](O)N(Cc3ccccc3)Cc3nccn3C)ccc2N[C@@H](CC)C1=O. The molecule has 1 aliphatic rings. The number of fused-ring (bicyclic) bond motifs is 1. The molecule has 2 atom stereocenters. The second-order valence-corrected chi connectivity index (χ2v) is 9.35. The molecule has 2 heterocycles. The predicted molar refractivity (Wildman–Crippen MR) is 138 cm³/mol. The molecule has 1 aromatic heterocycles. The first-order chi connectivity index (χ1) is 17.0. The van der Waals surface area contributed by atoms with Crippen molar-refractivity contribution in [2.24, 2.45) is 7.05 Å². The zero-order valence-corrected chi connectivity index (χ0v) is 21.0. The first-order valence-electron chi connectivity index (χ1n) is 12.6. The van der Waals surface area contributed by atoms with E-state index in [4.69, 9.17) is 0 Å². The summed E-state index contributed by atoms with van der Waals surface area (Å²) in [5, 5.41) is 15.0. The van der Waals surface area contributed by atoms with Crippen molar-refractivity contribution in [2.75, 3.05) is 11.9 Å². The lowest BCUT2D eigenvalue weighted by Gasteiger charge is -2.29. The maximum absolute atomic E-state index is 13.1. The van der Waals surface area contributed by atoms with Crippen LogP contribution >= 0.6 is 0 Å². The van der Waals surface area contributed by atoms with Gasteiger partial charge in [0.15, 0.2) is 0 Å². The van der Waals surface area contributed by atoms with Crippen LogP contribution in [0.3, 0.4) is 0 Å². The monoisotopic (exact) mass is 475 g/mol. The van der Waals surface area contributed by atoms with Crippen LogP contribution in [0.5, 0.6) is 0 Å². The Morgan fingerprint density at radius 3 is 2.66 bits per heavy atom. The number of benzene rings is 2. The standard InChI is InChI=1S/C28H37N5O2/c1-4-6-15-32-19-23-17-22(12-13-25(23)30-24(5-2)28(32)35)27(34)33(18-21-10-8-7-9-11-21)20-26-29-14-16-31(26)3/h7-14,16-17,24,27,30,34H,4-6,15,18-20H2,1-3H3/t24-,27-/m0/s1. The zero-order valence-electron chi connectivity index (χ0n) is 21.0. The quantitative estimate of drug-likeness (QED) is 0.424. The molecular weight excluding hydrogens is 438 g/mol. The Morgan fingerprint density at radius 2 is 1.97 bits per heavy atom. The molecule has 0 saturated carbocycles. The van der Waals surface area contributed by atoms with Crippen LogP contribution in [0.1, 0.15) is 61.9 Å². The lowest BCUT2D eigenvalue weighted by atomic mass is 10.1. The number of nitrogens with zero attached hydrogens (tertiary/aromatic N) is 4. The fourth-order valence-corrected chi connectivity index (χ4v) is 4.60. The number of aryl methyl sites for hydroxylation is 1. The molecule has 4 rings (SSSR count). The number of hydrogen-bond acceptors (Lipinski definition) is 5. The molecule has 7 heteroatoms. The van der Waals surface area contributed by atoms with Crippen LogP contribution in [0, 0.1) is 0 Å². The van der Waals surface area contributed by atoms with Crippen molar-refractivity contribution in [1.29, 1.82) is 0 Å². The van der Waals surface area contributed by atoms with Crippen LogP contribution in [0.15, 0.2) is 60.9 Å². The Bertz CT molecular complexity index is 1110. The van der Waals surface area contributed by atoms with Crippen molar-refractivity contribution >= 4 is 11.6 Å². The summed E-state index contributed by atoms with van der Waals surface area (Å²) in [4.78, 5) is 21.6. The third kappa shape index (κ3) is 5.92. The van der Waals surface area contributed by atoms with E-state index in [9.17, 15) is 9.90 Å². The molecule has 0 unspecified atom stereocenters. The van der Waals surface area contributed by atoms with E-state index in [1.54, 1.807) is 6.20 Å². The van der Waals surface area contributed by atoms with Gasteiger partial charge in [-0.15, -0.1) is 0 Å². The summed E-state index contributed by atoms with van der Waals surface area (Å²) in [6, 6.07) is 16.0. The summed E-state index contributed by atoms with van der Waals surface area (Å²) >= 11 is 0. The number of carbonyl (C=O) groups excluding carboxylic acids is 1. The largest absolute Gasteiger partial charge is 0.374 e. The van der Waals surface area contributed by atoms with Crippen molar-refractivity contribution in [1.82, 2.24) is 19.4 Å². The number of aliphatic hydroxyl groups is 1. The topological polar surface area (TPSA) is 73.6 Å². The van der Waals surface area contributed by atoms with E-state index in [0.717, 1.165) is 54.0 Å². The number of amides is 1. The van der Waals surface area contributed by atoms with Gasteiger partial charge in [0.25, 0.3) is 0 Å². The van der Waals surface area contributed by atoms with Gasteiger partial charge in [0.1, 0.15) is 18.1 Å². The number of imidazole rings is 1. The highest BCUT2D eigenvalue weighted by molar-refractivity contribution is 5.86. The van der Waals surface area contributed by atoms with Crippen LogP contribution in [0.25, 0.3) is 0 Å². The number of aliphatic hydroxyl groups excluding tert-OH is 1. The van der Waals surface area contributed by atoms with Gasteiger partial charge in [-0.25, -0.2) is 4.98 Å². The zero-order chi connectivity index (χ0) is 24.8. The molecule has 0 spiro atoms. The van der Waals surface area contributed by atoms with E-state index >= 15 is 0 Å². The average Bonchev–Trinajstić information content (AvgIpc) is 3.22. The van der Waals surface area contributed by atoms with E-state index in [1.807, 2.05) is 70.9 Å². The predicted octanol–water partition coefficient (Wildman–Crippen LogP) is 4.45. The Hall–Kier alpha value is -3.16. The minimum Gasteiger partial charge on any atom is -0.374 e. The minimum absolute atomic E-state index is 0.153. The first kappa shape index (κ1) is 24.9. The fourth-order valence-electron chi connectivity index (χ4n) is 4.60. The smallest absolute Gasteiger partial charge is 0.245 e.